The summed E-state index contributed by atoms with van der Waals surface area (Å²) in [7, 11) is -3.05. The summed E-state index contributed by atoms with van der Waals surface area (Å²) in [5, 5.41) is 3.66. The monoisotopic (exact) mass is 445 g/mol. The highest BCUT2D eigenvalue weighted by atomic mass is 28.5. The summed E-state index contributed by atoms with van der Waals surface area (Å²) in [6.45, 7) is 22.8. The van der Waals surface area contributed by atoms with E-state index < -0.39 is 17.1 Å². The Morgan fingerprint density at radius 3 is 1.62 bits per heavy atom. The molecule has 0 amide bonds. The minimum atomic E-state index is -2.51. The fraction of sp³-hybridized carbons (Fsp3) is 1.00. The maximum atomic E-state index is 7.48. The van der Waals surface area contributed by atoms with E-state index in [0.29, 0.717) is 28.2 Å². The molecule has 1 aliphatic heterocycles. The Hall–Kier alpha value is 0.274. The standard InChI is InChI=1S/C23H51NO3Si2/c1-11-19(6)28(25-10,20(7)12-2)27-29(21(8)13-3,22(9)14-4)26-17-23-15-18(5)16-24-23/h18-24H,11-17H2,1-10H3. The molecule has 1 rings (SSSR count). The average molecular weight is 446 g/mol. The first-order valence-electron chi connectivity index (χ1n) is 12.3. The van der Waals surface area contributed by atoms with E-state index in [4.69, 9.17) is 13.0 Å². The van der Waals surface area contributed by atoms with Crippen molar-refractivity contribution >= 4 is 17.1 Å². The van der Waals surface area contributed by atoms with Crippen molar-refractivity contribution in [3.05, 3.63) is 0 Å². The quantitative estimate of drug-likeness (QED) is 0.300. The van der Waals surface area contributed by atoms with Gasteiger partial charge in [-0.15, -0.1) is 0 Å². The molecule has 0 radical (unpaired) electrons. The molecule has 1 fully saturated rings. The molecule has 4 nitrogen and oxygen atoms in total. The highest BCUT2D eigenvalue weighted by Crippen LogP contribution is 2.47. The molecule has 1 saturated heterocycles. The molecule has 0 aliphatic carbocycles. The maximum Gasteiger partial charge on any atom is 0.335 e. The van der Waals surface area contributed by atoms with E-state index in [1.54, 1.807) is 0 Å². The van der Waals surface area contributed by atoms with Crippen LogP contribution in [0.1, 0.15) is 94.4 Å². The van der Waals surface area contributed by atoms with Gasteiger partial charge in [0.05, 0.1) is 6.61 Å². The van der Waals surface area contributed by atoms with Gasteiger partial charge in [0.1, 0.15) is 0 Å². The normalized spacial score (nSPS) is 28.3. The third-order valence-corrected chi connectivity index (χ3v) is 18.7. The molecule has 0 bridgehead atoms. The Kier molecular flexibility index (Phi) is 11.6. The van der Waals surface area contributed by atoms with Gasteiger partial charge in [0.15, 0.2) is 0 Å². The molecule has 6 atom stereocenters. The van der Waals surface area contributed by atoms with Crippen molar-refractivity contribution in [3.8, 4) is 0 Å². The highest BCUT2D eigenvalue weighted by Gasteiger charge is 2.58. The molecule has 1 N–H and O–H groups in total. The molecule has 1 aliphatic rings. The summed E-state index contributed by atoms with van der Waals surface area (Å²) in [5.74, 6) is 0.737. The summed E-state index contributed by atoms with van der Waals surface area (Å²) in [6.07, 6.45) is 5.59. The Morgan fingerprint density at radius 2 is 1.28 bits per heavy atom. The molecule has 0 aromatic rings. The molecule has 174 valence electrons. The lowest BCUT2D eigenvalue weighted by Crippen LogP contribution is -2.62. The van der Waals surface area contributed by atoms with Crippen molar-refractivity contribution in [1.82, 2.24) is 5.32 Å². The predicted molar refractivity (Wildman–Crippen MR) is 130 cm³/mol. The van der Waals surface area contributed by atoms with Crippen LogP contribution >= 0.6 is 0 Å². The second-order valence-corrected chi connectivity index (χ2v) is 18.1. The molecule has 29 heavy (non-hydrogen) atoms. The van der Waals surface area contributed by atoms with Gasteiger partial charge in [-0.1, -0.05) is 88.0 Å². The van der Waals surface area contributed by atoms with Crippen molar-refractivity contribution in [2.75, 3.05) is 20.3 Å². The van der Waals surface area contributed by atoms with Crippen LogP contribution in [0.15, 0.2) is 0 Å². The van der Waals surface area contributed by atoms with Gasteiger partial charge in [-0.25, -0.2) is 0 Å². The van der Waals surface area contributed by atoms with Gasteiger partial charge in [-0.2, -0.15) is 0 Å². The topological polar surface area (TPSA) is 39.7 Å². The van der Waals surface area contributed by atoms with Crippen LogP contribution in [0, 0.1) is 5.92 Å². The van der Waals surface area contributed by atoms with E-state index in [1.165, 1.54) is 6.42 Å². The zero-order valence-corrected chi connectivity index (χ0v) is 23.1. The molecule has 0 saturated carbocycles. The SMILES string of the molecule is CCC(C)[Si](OC)(O[Si](OCC1CC(C)CN1)(C(C)CC)C(C)CC)C(C)CC. The van der Waals surface area contributed by atoms with E-state index in [1.807, 2.05) is 7.11 Å². The molecular formula is C23H51NO3Si2. The van der Waals surface area contributed by atoms with Crippen LogP contribution in [-0.4, -0.2) is 43.4 Å². The largest absolute Gasteiger partial charge is 0.414 e. The lowest BCUT2D eigenvalue weighted by molar-refractivity contribution is 0.158. The number of nitrogens with one attached hydrogen (secondary N) is 1. The molecule has 0 aromatic heterocycles. The molecule has 6 unspecified atom stereocenters. The minimum absolute atomic E-state index is 0.450. The smallest absolute Gasteiger partial charge is 0.335 e. The Morgan fingerprint density at radius 1 is 0.828 bits per heavy atom. The van der Waals surface area contributed by atoms with E-state index >= 15 is 0 Å². The Balaban J connectivity index is 3.34. The van der Waals surface area contributed by atoms with Gasteiger partial charge in [0, 0.05) is 13.2 Å². The summed E-state index contributed by atoms with van der Waals surface area (Å²) >= 11 is 0. The predicted octanol–water partition coefficient (Wildman–Crippen LogP) is 6.75. The summed E-state index contributed by atoms with van der Waals surface area (Å²) in [4.78, 5) is 0. The zero-order valence-electron chi connectivity index (χ0n) is 21.1. The van der Waals surface area contributed by atoms with Crippen LogP contribution in [0.2, 0.25) is 22.2 Å². The maximum absolute atomic E-state index is 7.48. The van der Waals surface area contributed by atoms with Crippen LogP contribution in [0.3, 0.4) is 0 Å². The zero-order chi connectivity index (χ0) is 22.2. The van der Waals surface area contributed by atoms with Crippen molar-refractivity contribution in [2.24, 2.45) is 5.92 Å². The fourth-order valence-electron chi connectivity index (χ4n) is 4.90. The Labute approximate surface area is 184 Å². The third kappa shape index (κ3) is 6.16. The number of hydrogen-bond acceptors (Lipinski definition) is 4. The van der Waals surface area contributed by atoms with Gasteiger partial charge in [0.2, 0.25) is 0 Å². The van der Waals surface area contributed by atoms with Gasteiger partial charge >= 0.3 is 17.1 Å². The van der Waals surface area contributed by atoms with E-state index in [2.05, 4.69) is 67.6 Å². The van der Waals surface area contributed by atoms with Crippen molar-refractivity contribution in [3.63, 3.8) is 0 Å². The first-order chi connectivity index (χ1) is 13.7. The van der Waals surface area contributed by atoms with Crippen LogP contribution in [0.25, 0.3) is 0 Å². The van der Waals surface area contributed by atoms with E-state index in [0.717, 1.165) is 44.8 Å². The molecule has 0 aromatic carbocycles. The Bertz CT molecular complexity index is 445. The van der Waals surface area contributed by atoms with Gasteiger partial charge < -0.3 is 18.3 Å². The lowest BCUT2D eigenvalue weighted by Gasteiger charge is -2.49. The summed E-state index contributed by atoms with van der Waals surface area (Å²) in [6, 6.07) is 0.458. The fourth-order valence-corrected chi connectivity index (χ4v) is 16.7. The minimum Gasteiger partial charge on any atom is -0.414 e. The molecule has 0 spiro atoms. The van der Waals surface area contributed by atoms with Crippen LogP contribution < -0.4 is 5.32 Å². The lowest BCUT2D eigenvalue weighted by atomic mass is 10.1. The second-order valence-electron chi connectivity index (χ2n) is 9.74. The van der Waals surface area contributed by atoms with Gasteiger partial charge in [0.25, 0.3) is 0 Å². The van der Waals surface area contributed by atoms with Crippen molar-refractivity contribution in [1.29, 1.82) is 0 Å². The van der Waals surface area contributed by atoms with Crippen LogP contribution in [-0.2, 0) is 13.0 Å². The van der Waals surface area contributed by atoms with E-state index in [-0.39, 0.29) is 0 Å². The third-order valence-electron chi connectivity index (χ3n) is 7.79. The van der Waals surface area contributed by atoms with Crippen LogP contribution in [0.4, 0.5) is 0 Å². The molecule has 1 heterocycles. The number of hydrogen-bond donors (Lipinski definition) is 1. The first kappa shape index (κ1) is 27.3. The van der Waals surface area contributed by atoms with Crippen molar-refractivity contribution < 1.29 is 13.0 Å². The van der Waals surface area contributed by atoms with Gasteiger partial charge in [-0.05, 0) is 41.0 Å². The van der Waals surface area contributed by atoms with Crippen molar-refractivity contribution in [2.45, 2.75) is 123 Å². The number of rotatable bonds is 14. The molecule has 6 heteroatoms. The average Bonchev–Trinajstić information content (AvgIpc) is 3.17. The van der Waals surface area contributed by atoms with E-state index in [9.17, 15) is 0 Å². The first-order valence-corrected chi connectivity index (χ1v) is 16.2. The summed E-state index contributed by atoms with van der Waals surface area (Å²) < 4.78 is 20.9. The highest BCUT2D eigenvalue weighted by molar-refractivity contribution is 6.84. The summed E-state index contributed by atoms with van der Waals surface area (Å²) in [5.41, 5.74) is 1.81. The van der Waals surface area contributed by atoms with Gasteiger partial charge in [-0.3, -0.25) is 0 Å². The van der Waals surface area contributed by atoms with Crippen LogP contribution in [0.5, 0.6) is 0 Å². The second kappa shape index (κ2) is 12.3. The molecular weight excluding hydrogens is 394 g/mol.